The highest BCUT2D eigenvalue weighted by atomic mass is 32.2. The third-order valence-electron chi connectivity index (χ3n) is 5.14. The van der Waals surface area contributed by atoms with Gasteiger partial charge in [0.2, 0.25) is 15.9 Å². The van der Waals surface area contributed by atoms with Gasteiger partial charge in [0.25, 0.3) is 0 Å². The van der Waals surface area contributed by atoms with Gasteiger partial charge in [0, 0.05) is 18.3 Å². The average Bonchev–Trinajstić information content (AvgIpc) is 3.19. The minimum atomic E-state index is -3.81. The van der Waals surface area contributed by atoms with Crippen molar-refractivity contribution in [2.45, 2.75) is 44.0 Å². The highest BCUT2D eigenvalue weighted by molar-refractivity contribution is 7.89. The first-order valence-electron chi connectivity index (χ1n) is 9.43. The maximum absolute atomic E-state index is 13.3. The van der Waals surface area contributed by atoms with Gasteiger partial charge in [-0.2, -0.15) is 4.31 Å². The molecule has 1 amide bonds. The lowest BCUT2D eigenvalue weighted by Crippen LogP contribution is -2.43. The lowest BCUT2D eigenvalue weighted by Gasteiger charge is -2.24. The first kappa shape index (κ1) is 20.4. The second-order valence-electron chi connectivity index (χ2n) is 6.91. The summed E-state index contributed by atoms with van der Waals surface area (Å²) in [5, 5.41) is 2.92. The maximum atomic E-state index is 13.3. The van der Waals surface area contributed by atoms with E-state index in [9.17, 15) is 13.2 Å². The van der Waals surface area contributed by atoms with E-state index in [1.165, 1.54) is 17.5 Å². The van der Waals surface area contributed by atoms with Crippen LogP contribution >= 0.6 is 0 Å². The van der Waals surface area contributed by atoms with Crippen LogP contribution in [0.4, 0.5) is 5.69 Å². The third-order valence-corrected chi connectivity index (χ3v) is 7.19. The van der Waals surface area contributed by atoms with Crippen LogP contribution in [0.3, 0.4) is 0 Å². The number of carbonyl (C=O) groups is 1. The second-order valence-corrected chi connectivity index (χ2v) is 8.76. The van der Waals surface area contributed by atoms with Crippen LogP contribution in [0.15, 0.2) is 47.4 Å². The van der Waals surface area contributed by atoms with E-state index in [0.717, 1.165) is 17.7 Å². The summed E-state index contributed by atoms with van der Waals surface area (Å²) in [7, 11) is -2.31. The zero-order chi connectivity index (χ0) is 20.3. The summed E-state index contributed by atoms with van der Waals surface area (Å²) in [6.45, 7) is 4.09. The van der Waals surface area contributed by atoms with Crippen LogP contribution in [-0.4, -0.2) is 38.3 Å². The zero-order valence-corrected chi connectivity index (χ0v) is 17.3. The smallest absolute Gasteiger partial charge is 0.244 e. The fourth-order valence-electron chi connectivity index (χ4n) is 3.57. The highest BCUT2D eigenvalue weighted by Crippen LogP contribution is 2.31. The Morgan fingerprint density at radius 3 is 2.71 bits per heavy atom. The van der Waals surface area contributed by atoms with Crippen molar-refractivity contribution in [1.82, 2.24) is 4.31 Å². The predicted octanol–water partition coefficient (Wildman–Crippen LogP) is 3.36. The van der Waals surface area contributed by atoms with Gasteiger partial charge >= 0.3 is 0 Å². The monoisotopic (exact) mass is 402 g/mol. The Morgan fingerprint density at radius 2 is 2.00 bits per heavy atom. The molecule has 1 aliphatic rings. The van der Waals surface area contributed by atoms with Crippen molar-refractivity contribution in [2.75, 3.05) is 19.0 Å². The SMILES string of the molecule is CCc1ccccc1NC(=O)C1CCCN1S(=O)(=O)c1cc(OC)ccc1C. The van der Waals surface area contributed by atoms with Gasteiger partial charge in [-0.25, -0.2) is 8.42 Å². The van der Waals surface area contributed by atoms with Gasteiger partial charge in [-0.1, -0.05) is 31.2 Å². The Bertz CT molecular complexity index is 972. The summed E-state index contributed by atoms with van der Waals surface area (Å²) in [5.41, 5.74) is 2.38. The number of carbonyl (C=O) groups excluding carboxylic acids is 1. The number of hydrogen-bond acceptors (Lipinski definition) is 4. The van der Waals surface area contributed by atoms with Gasteiger partial charge in [0.15, 0.2) is 0 Å². The molecule has 1 saturated heterocycles. The van der Waals surface area contributed by atoms with Gasteiger partial charge in [-0.3, -0.25) is 4.79 Å². The lowest BCUT2D eigenvalue weighted by atomic mass is 10.1. The molecule has 7 heteroatoms. The summed E-state index contributed by atoms with van der Waals surface area (Å²) < 4.78 is 33.1. The van der Waals surface area contributed by atoms with Gasteiger partial charge in [-0.15, -0.1) is 0 Å². The molecule has 3 rings (SSSR count). The molecule has 0 aliphatic carbocycles. The van der Waals surface area contributed by atoms with Crippen molar-refractivity contribution in [1.29, 1.82) is 0 Å². The Hall–Kier alpha value is -2.38. The molecule has 28 heavy (non-hydrogen) atoms. The number of nitrogens with one attached hydrogen (secondary N) is 1. The van der Waals surface area contributed by atoms with E-state index in [4.69, 9.17) is 4.74 Å². The quantitative estimate of drug-likeness (QED) is 0.804. The van der Waals surface area contributed by atoms with E-state index in [2.05, 4.69) is 5.32 Å². The number of para-hydroxylation sites is 1. The first-order chi connectivity index (χ1) is 13.4. The first-order valence-corrected chi connectivity index (χ1v) is 10.9. The Kier molecular flexibility index (Phi) is 6.05. The van der Waals surface area contributed by atoms with E-state index >= 15 is 0 Å². The molecule has 1 unspecified atom stereocenters. The van der Waals surface area contributed by atoms with Crippen LogP contribution in [-0.2, 0) is 21.2 Å². The van der Waals surface area contributed by atoms with Gasteiger partial charge in [0.1, 0.15) is 11.8 Å². The molecule has 0 bridgehead atoms. The molecule has 1 heterocycles. The molecule has 1 fully saturated rings. The number of aryl methyl sites for hydroxylation is 2. The molecule has 0 aromatic heterocycles. The van der Waals surface area contributed by atoms with Crippen LogP contribution in [0.1, 0.15) is 30.9 Å². The van der Waals surface area contributed by atoms with Crippen LogP contribution in [0.5, 0.6) is 5.75 Å². The standard InChI is InChI=1S/C21H26N2O4S/c1-4-16-8-5-6-9-18(16)22-21(24)19-10-7-13-23(19)28(25,26)20-14-17(27-3)12-11-15(20)2/h5-6,8-9,11-12,14,19H,4,7,10,13H2,1-3H3,(H,22,24). The molecule has 2 aromatic rings. The summed E-state index contributed by atoms with van der Waals surface area (Å²) in [4.78, 5) is 13.1. The molecule has 0 radical (unpaired) electrons. The molecule has 0 saturated carbocycles. The van der Waals surface area contributed by atoms with Crippen molar-refractivity contribution >= 4 is 21.6 Å². The predicted molar refractivity (Wildman–Crippen MR) is 109 cm³/mol. The largest absolute Gasteiger partial charge is 0.497 e. The Labute approximate surface area is 166 Å². The number of sulfonamides is 1. The number of benzene rings is 2. The maximum Gasteiger partial charge on any atom is 0.244 e. The van der Waals surface area contributed by atoms with Crippen molar-refractivity contribution < 1.29 is 17.9 Å². The molecule has 1 atom stereocenters. The minimum absolute atomic E-state index is 0.181. The second kappa shape index (κ2) is 8.32. The van der Waals surface area contributed by atoms with Crippen LogP contribution in [0.2, 0.25) is 0 Å². The highest BCUT2D eigenvalue weighted by Gasteiger charge is 2.40. The van der Waals surface area contributed by atoms with Crippen LogP contribution in [0.25, 0.3) is 0 Å². The molecular formula is C21H26N2O4S. The number of amides is 1. The number of anilines is 1. The average molecular weight is 403 g/mol. The van der Waals surface area contributed by atoms with E-state index < -0.39 is 16.1 Å². The number of methoxy groups -OCH3 is 1. The van der Waals surface area contributed by atoms with Crippen molar-refractivity contribution in [3.05, 3.63) is 53.6 Å². The number of rotatable bonds is 6. The summed E-state index contributed by atoms with van der Waals surface area (Å²) >= 11 is 0. The zero-order valence-electron chi connectivity index (χ0n) is 16.4. The molecule has 2 aromatic carbocycles. The van der Waals surface area contributed by atoms with Gasteiger partial charge in [-0.05, 0) is 49.4 Å². The summed E-state index contributed by atoms with van der Waals surface area (Å²) in [6, 6.07) is 11.8. The fraction of sp³-hybridized carbons (Fsp3) is 0.381. The Balaban J connectivity index is 1.89. The van der Waals surface area contributed by atoms with E-state index in [1.807, 2.05) is 31.2 Å². The molecular weight excluding hydrogens is 376 g/mol. The topological polar surface area (TPSA) is 75.7 Å². The van der Waals surface area contributed by atoms with E-state index in [0.29, 0.717) is 30.7 Å². The molecule has 0 spiro atoms. The van der Waals surface area contributed by atoms with Gasteiger partial charge < -0.3 is 10.1 Å². The molecule has 1 N–H and O–H groups in total. The van der Waals surface area contributed by atoms with Crippen LogP contribution < -0.4 is 10.1 Å². The molecule has 1 aliphatic heterocycles. The lowest BCUT2D eigenvalue weighted by molar-refractivity contribution is -0.119. The van der Waals surface area contributed by atoms with Crippen molar-refractivity contribution in [2.24, 2.45) is 0 Å². The fourth-order valence-corrected chi connectivity index (χ4v) is 5.47. The van der Waals surface area contributed by atoms with E-state index in [-0.39, 0.29) is 10.8 Å². The number of nitrogens with zero attached hydrogens (tertiary/aromatic N) is 1. The Morgan fingerprint density at radius 1 is 1.25 bits per heavy atom. The summed E-state index contributed by atoms with van der Waals surface area (Å²) in [5.74, 6) is 0.184. The summed E-state index contributed by atoms with van der Waals surface area (Å²) in [6.07, 6.45) is 1.93. The number of hydrogen-bond donors (Lipinski definition) is 1. The van der Waals surface area contributed by atoms with E-state index in [1.54, 1.807) is 19.1 Å². The van der Waals surface area contributed by atoms with Crippen molar-refractivity contribution in [3.8, 4) is 5.75 Å². The van der Waals surface area contributed by atoms with Crippen molar-refractivity contribution in [3.63, 3.8) is 0 Å². The third kappa shape index (κ3) is 3.91. The van der Waals surface area contributed by atoms with Crippen LogP contribution in [0, 0.1) is 6.92 Å². The molecule has 6 nitrogen and oxygen atoms in total. The normalized spacial score (nSPS) is 17.5. The molecule has 150 valence electrons. The minimum Gasteiger partial charge on any atom is -0.497 e. The number of ether oxygens (including phenoxy) is 1. The van der Waals surface area contributed by atoms with Gasteiger partial charge in [0.05, 0.1) is 12.0 Å².